The molecule has 27 heavy (non-hydrogen) atoms. The number of likely N-dealkylation sites (tertiary alicyclic amines) is 1. The van der Waals surface area contributed by atoms with Crippen molar-refractivity contribution in [3.63, 3.8) is 0 Å². The fraction of sp³-hybridized carbons (Fsp3) is 0.722. The number of carbonyl (C=O) groups is 1. The lowest BCUT2D eigenvalue weighted by atomic mass is 9.88. The van der Waals surface area contributed by atoms with Gasteiger partial charge < -0.3 is 15.4 Å². The number of aromatic nitrogens is 3. The number of carbonyl (C=O) groups excluding carboxylic acids is 1. The normalized spacial score (nSPS) is 21.9. The van der Waals surface area contributed by atoms with E-state index in [9.17, 15) is 9.59 Å². The third kappa shape index (κ3) is 5.67. The van der Waals surface area contributed by atoms with E-state index >= 15 is 0 Å². The first-order chi connectivity index (χ1) is 12.9. The quantitative estimate of drug-likeness (QED) is 0.549. The number of amides is 2. The Balaban J connectivity index is 1.35. The Morgan fingerprint density at radius 2 is 2.11 bits per heavy atom. The van der Waals surface area contributed by atoms with Gasteiger partial charge in [-0.15, -0.1) is 0 Å². The van der Waals surface area contributed by atoms with Crippen molar-refractivity contribution in [1.82, 2.24) is 30.7 Å². The van der Waals surface area contributed by atoms with E-state index in [1.165, 1.54) is 5.57 Å². The number of piperidine rings is 1. The summed E-state index contributed by atoms with van der Waals surface area (Å²) in [5.41, 5.74) is 0.956. The van der Waals surface area contributed by atoms with Crippen molar-refractivity contribution in [2.45, 2.75) is 57.8 Å². The standard InChI is InChI=1S/C18H30N6O3/c1-13(2)4-8-24-9-6-18(7-10-24)5-3-14(27-18)11-19-16(25)20-12-15-21-17(26)23-22-15/h4,14H,3,5-12H2,1-2H3,(H2,19,20,25)(H2,21,22,23,26)/t14-/m1/s1. The second-order valence-electron chi connectivity index (χ2n) is 7.73. The van der Waals surface area contributed by atoms with E-state index in [0.29, 0.717) is 12.4 Å². The van der Waals surface area contributed by atoms with E-state index in [1.807, 2.05) is 0 Å². The minimum atomic E-state index is -0.385. The summed E-state index contributed by atoms with van der Waals surface area (Å²) in [5, 5.41) is 11.5. The highest BCUT2D eigenvalue weighted by Gasteiger charge is 2.42. The van der Waals surface area contributed by atoms with Crippen LogP contribution in [0.5, 0.6) is 0 Å². The van der Waals surface area contributed by atoms with Gasteiger partial charge in [-0.05, 0) is 39.5 Å². The fourth-order valence-electron chi connectivity index (χ4n) is 3.68. The van der Waals surface area contributed by atoms with Gasteiger partial charge in [0.25, 0.3) is 0 Å². The molecule has 1 atom stereocenters. The van der Waals surface area contributed by atoms with Crippen LogP contribution in [0.15, 0.2) is 16.4 Å². The third-order valence-corrected chi connectivity index (χ3v) is 5.32. The molecular weight excluding hydrogens is 348 g/mol. The molecule has 0 saturated carbocycles. The van der Waals surface area contributed by atoms with E-state index in [1.54, 1.807) is 0 Å². The Morgan fingerprint density at radius 3 is 2.78 bits per heavy atom. The Labute approximate surface area is 158 Å². The number of rotatable bonds is 6. The van der Waals surface area contributed by atoms with Crippen molar-refractivity contribution >= 4 is 6.03 Å². The van der Waals surface area contributed by atoms with Gasteiger partial charge >= 0.3 is 11.7 Å². The van der Waals surface area contributed by atoms with Crippen LogP contribution < -0.4 is 16.3 Å². The molecule has 4 N–H and O–H groups in total. The topological polar surface area (TPSA) is 115 Å². The summed E-state index contributed by atoms with van der Waals surface area (Å²) < 4.78 is 6.33. The highest BCUT2D eigenvalue weighted by molar-refractivity contribution is 5.73. The molecule has 0 aromatic carbocycles. The molecule has 0 bridgehead atoms. The second-order valence-corrected chi connectivity index (χ2v) is 7.73. The lowest BCUT2D eigenvalue weighted by molar-refractivity contribution is -0.0739. The van der Waals surface area contributed by atoms with E-state index in [0.717, 1.165) is 45.3 Å². The smallest absolute Gasteiger partial charge is 0.340 e. The molecule has 9 nitrogen and oxygen atoms in total. The van der Waals surface area contributed by atoms with Crippen LogP contribution >= 0.6 is 0 Å². The van der Waals surface area contributed by atoms with Crippen molar-refractivity contribution in [3.05, 3.63) is 28.0 Å². The summed E-state index contributed by atoms with van der Waals surface area (Å²) in [7, 11) is 0. The van der Waals surface area contributed by atoms with Crippen LogP contribution in [0.4, 0.5) is 4.79 Å². The first-order valence-corrected chi connectivity index (χ1v) is 9.63. The van der Waals surface area contributed by atoms with Gasteiger partial charge in [0.1, 0.15) is 5.82 Å². The number of nitrogens with zero attached hydrogens (tertiary/aromatic N) is 2. The van der Waals surface area contributed by atoms with E-state index in [-0.39, 0.29) is 30.0 Å². The molecule has 0 unspecified atom stereocenters. The minimum absolute atomic E-state index is 0.0151. The summed E-state index contributed by atoms with van der Waals surface area (Å²) >= 11 is 0. The molecule has 2 amide bonds. The number of ether oxygens (including phenoxy) is 1. The molecule has 3 heterocycles. The molecule has 1 aromatic heterocycles. The molecule has 9 heteroatoms. The van der Waals surface area contributed by atoms with Gasteiger partial charge in [0.15, 0.2) is 0 Å². The molecule has 3 rings (SSSR count). The average molecular weight is 378 g/mol. The lowest BCUT2D eigenvalue weighted by Crippen LogP contribution is -2.45. The summed E-state index contributed by atoms with van der Waals surface area (Å²) in [6.45, 7) is 8.07. The van der Waals surface area contributed by atoms with Crippen LogP contribution in [0.25, 0.3) is 0 Å². The molecule has 2 aliphatic heterocycles. The summed E-state index contributed by atoms with van der Waals surface area (Å²) in [6.07, 6.45) is 6.48. The number of aromatic amines is 2. The molecule has 2 saturated heterocycles. The number of nitrogens with one attached hydrogen (secondary N) is 4. The van der Waals surface area contributed by atoms with Crippen molar-refractivity contribution in [2.75, 3.05) is 26.2 Å². The van der Waals surface area contributed by atoms with Gasteiger partial charge in [-0.2, -0.15) is 5.10 Å². The molecule has 1 spiro atoms. The Hall–Kier alpha value is -2.13. The number of H-pyrrole nitrogens is 2. The lowest BCUT2D eigenvalue weighted by Gasteiger charge is -2.39. The molecule has 150 valence electrons. The van der Waals surface area contributed by atoms with E-state index in [4.69, 9.17) is 4.74 Å². The Bertz CT molecular complexity index is 713. The monoisotopic (exact) mass is 378 g/mol. The first kappa shape index (κ1) is 19.6. The predicted octanol–water partition coefficient (Wildman–Crippen LogP) is 0.877. The largest absolute Gasteiger partial charge is 0.370 e. The zero-order chi connectivity index (χ0) is 19.3. The van der Waals surface area contributed by atoms with E-state index in [2.05, 4.69) is 50.6 Å². The SMILES string of the molecule is CC(C)=CCN1CCC2(CC[C@H](CNC(=O)NCc3n[nH]c(=O)[nH]3)O2)CC1. The summed E-state index contributed by atoms with van der Waals surface area (Å²) in [4.78, 5) is 27.8. The maximum absolute atomic E-state index is 11.9. The summed E-state index contributed by atoms with van der Waals surface area (Å²) in [5.74, 6) is 0.395. The Morgan fingerprint density at radius 1 is 1.33 bits per heavy atom. The van der Waals surface area contributed by atoms with Crippen LogP contribution in [0.3, 0.4) is 0 Å². The van der Waals surface area contributed by atoms with Gasteiger partial charge in [0.2, 0.25) is 0 Å². The van der Waals surface area contributed by atoms with Crippen molar-refractivity contribution in [2.24, 2.45) is 0 Å². The van der Waals surface area contributed by atoms with Crippen LogP contribution in [-0.2, 0) is 11.3 Å². The Kier molecular flexibility index (Phi) is 6.33. The highest BCUT2D eigenvalue weighted by Crippen LogP contribution is 2.38. The van der Waals surface area contributed by atoms with Gasteiger partial charge in [-0.1, -0.05) is 11.6 Å². The molecule has 1 aromatic rings. The average Bonchev–Trinajstić information content (AvgIpc) is 3.24. The highest BCUT2D eigenvalue weighted by atomic mass is 16.5. The van der Waals surface area contributed by atoms with Gasteiger partial charge in [0, 0.05) is 26.2 Å². The molecule has 2 aliphatic rings. The van der Waals surface area contributed by atoms with Crippen molar-refractivity contribution in [3.8, 4) is 0 Å². The zero-order valence-electron chi connectivity index (χ0n) is 16.1. The maximum atomic E-state index is 11.9. The van der Waals surface area contributed by atoms with E-state index < -0.39 is 0 Å². The van der Waals surface area contributed by atoms with Crippen LogP contribution in [0, 0.1) is 0 Å². The van der Waals surface area contributed by atoms with Crippen LogP contribution in [-0.4, -0.2) is 64.0 Å². The van der Waals surface area contributed by atoms with Gasteiger partial charge in [-0.3, -0.25) is 9.88 Å². The third-order valence-electron chi connectivity index (χ3n) is 5.32. The maximum Gasteiger partial charge on any atom is 0.340 e. The predicted molar refractivity (Wildman–Crippen MR) is 101 cm³/mol. The minimum Gasteiger partial charge on any atom is -0.370 e. The van der Waals surface area contributed by atoms with Crippen LogP contribution in [0.1, 0.15) is 45.4 Å². The molecule has 0 radical (unpaired) electrons. The summed E-state index contributed by atoms with van der Waals surface area (Å²) in [6, 6.07) is -0.292. The fourth-order valence-corrected chi connectivity index (χ4v) is 3.68. The molecule has 2 fully saturated rings. The number of hydrogen-bond donors (Lipinski definition) is 4. The number of urea groups is 1. The first-order valence-electron chi connectivity index (χ1n) is 9.63. The second kappa shape index (κ2) is 8.71. The van der Waals surface area contributed by atoms with Crippen molar-refractivity contribution < 1.29 is 9.53 Å². The van der Waals surface area contributed by atoms with Crippen molar-refractivity contribution in [1.29, 1.82) is 0 Å². The number of hydrogen-bond acceptors (Lipinski definition) is 5. The zero-order valence-corrected chi connectivity index (χ0v) is 16.1. The van der Waals surface area contributed by atoms with Gasteiger partial charge in [-0.25, -0.2) is 14.7 Å². The van der Waals surface area contributed by atoms with Gasteiger partial charge in [0.05, 0.1) is 18.2 Å². The molecule has 0 aliphatic carbocycles. The number of allylic oxidation sites excluding steroid dienone is 1. The van der Waals surface area contributed by atoms with Crippen LogP contribution in [0.2, 0.25) is 0 Å². The molecular formula is C18H30N6O3.